The van der Waals surface area contributed by atoms with Crippen molar-refractivity contribution in [3.8, 4) is 0 Å². The molecule has 4 heteroatoms. The van der Waals surface area contributed by atoms with Gasteiger partial charge in [0.15, 0.2) is 0 Å². The lowest BCUT2D eigenvalue weighted by atomic mass is 9.79. The lowest BCUT2D eigenvalue weighted by molar-refractivity contribution is -0.135. The lowest BCUT2D eigenvalue weighted by Gasteiger charge is -2.39. The van der Waals surface area contributed by atoms with Gasteiger partial charge in [-0.1, -0.05) is 35.9 Å². The third-order valence-electron chi connectivity index (χ3n) is 3.47. The van der Waals surface area contributed by atoms with Crippen molar-refractivity contribution in [3.63, 3.8) is 0 Å². The van der Waals surface area contributed by atoms with E-state index in [0.717, 1.165) is 43.0 Å². The molecule has 0 atom stereocenters. The summed E-state index contributed by atoms with van der Waals surface area (Å²) in [6.07, 6.45) is 5.31. The van der Waals surface area contributed by atoms with Gasteiger partial charge in [0.1, 0.15) is 6.61 Å². The van der Waals surface area contributed by atoms with Crippen LogP contribution in [0.25, 0.3) is 0 Å². The largest absolute Gasteiger partial charge is 0.368 e. The summed E-state index contributed by atoms with van der Waals surface area (Å²) in [6.45, 7) is 2.68. The normalized spacial score (nSPS) is 31.7. The van der Waals surface area contributed by atoms with Crippen molar-refractivity contribution >= 4 is 22.6 Å². The van der Waals surface area contributed by atoms with Crippen molar-refractivity contribution in [1.82, 2.24) is 0 Å². The minimum absolute atomic E-state index is 0.286. The van der Waals surface area contributed by atoms with Crippen LogP contribution in [0.15, 0.2) is 0 Å². The molecule has 0 bridgehead atoms. The maximum Gasteiger partial charge on any atom is 0.268 e. The molecule has 0 aliphatic heterocycles. The number of halogens is 3. The van der Waals surface area contributed by atoms with Gasteiger partial charge in [-0.05, 0) is 31.6 Å². The molecule has 16 heavy (non-hydrogen) atoms. The molecule has 1 rings (SSSR count). The van der Waals surface area contributed by atoms with E-state index in [1.165, 1.54) is 6.42 Å². The standard InChI is InChI=1S/C12H21F2IO/c1-3-10-4-6-12(8-15,7-5-10)16-9-11(2,13)14/h10H,3-9H2,1-2H3. The zero-order chi connectivity index (χ0) is 12.2. The van der Waals surface area contributed by atoms with E-state index in [2.05, 4.69) is 29.5 Å². The molecule has 0 aromatic rings. The molecule has 0 radical (unpaired) electrons. The van der Waals surface area contributed by atoms with Crippen LogP contribution < -0.4 is 0 Å². The number of ether oxygens (including phenoxy) is 1. The highest BCUT2D eigenvalue weighted by Gasteiger charge is 2.37. The van der Waals surface area contributed by atoms with Crippen LogP contribution in [0.3, 0.4) is 0 Å². The summed E-state index contributed by atoms with van der Waals surface area (Å²) >= 11 is 2.26. The molecule has 1 aliphatic rings. The molecule has 0 spiro atoms. The summed E-state index contributed by atoms with van der Waals surface area (Å²) in [5.74, 6) is -1.94. The highest BCUT2D eigenvalue weighted by molar-refractivity contribution is 14.1. The third-order valence-corrected chi connectivity index (χ3v) is 4.86. The van der Waals surface area contributed by atoms with E-state index in [-0.39, 0.29) is 5.60 Å². The van der Waals surface area contributed by atoms with E-state index in [1.54, 1.807) is 0 Å². The summed E-state index contributed by atoms with van der Waals surface area (Å²) < 4.78 is 31.9. The molecule has 0 amide bonds. The first-order chi connectivity index (χ1) is 7.41. The number of rotatable bonds is 5. The van der Waals surface area contributed by atoms with Crippen LogP contribution in [-0.2, 0) is 4.74 Å². The predicted octanol–water partition coefficient (Wildman–Crippen LogP) is 4.43. The molecule has 96 valence electrons. The van der Waals surface area contributed by atoms with Crippen molar-refractivity contribution in [1.29, 1.82) is 0 Å². The molecule has 0 aromatic heterocycles. The topological polar surface area (TPSA) is 9.23 Å². The average molecular weight is 346 g/mol. The van der Waals surface area contributed by atoms with E-state index in [4.69, 9.17) is 4.74 Å². The molecule has 0 saturated heterocycles. The molecule has 0 N–H and O–H groups in total. The Morgan fingerprint density at radius 3 is 2.31 bits per heavy atom. The fraction of sp³-hybridized carbons (Fsp3) is 1.00. The Balaban J connectivity index is 2.46. The Labute approximate surface area is 110 Å². The number of alkyl halides is 3. The first kappa shape index (κ1) is 14.6. The van der Waals surface area contributed by atoms with Crippen LogP contribution in [0.5, 0.6) is 0 Å². The first-order valence-electron chi connectivity index (χ1n) is 5.98. The van der Waals surface area contributed by atoms with Crippen LogP contribution in [-0.4, -0.2) is 22.6 Å². The number of hydrogen-bond acceptors (Lipinski definition) is 1. The van der Waals surface area contributed by atoms with Crippen LogP contribution in [0.2, 0.25) is 0 Å². The predicted molar refractivity (Wildman–Crippen MR) is 70.4 cm³/mol. The van der Waals surface area contributed by atoms with Crippen molar-refractivity contribution < 1.29 is 13.5 Å². The van der Waals surface area contributed by atoms with E-state index in [9.17, 15) is 8.78 Å². The lowest BCUT2D eigenvalue weighted by Crippen LogP contribution is -2.41. The maximum atomic E-state index is 12.8. The van der Waals surface area contributed by atoms with Gasteiger partial charge < -0.3 is 4.74 Å². The van der Waals surface area contributed by atoms with Crippen molar-refractivity contribution in [3.05, 3.63) is 0 Å². The fourth-order valence-electron chi connectivity index (χ4n) is 2.21. The Morgan fingerprint density at radius 2 is 1.94 bits per heavy atom. The second-order valence-electron chi connectivity index (χ2n) is 5.03. The van der Waals surface area contributed by atoms with Gasteiger partial charge in [0.05, 0.1) is 5.60 Å². The number of hydrogen-bond donors (Lipinski definition) is 0. The van der Waals surface area contributed by atoms with Crippen LogP contribution in [0.1, 0.15) is 46.0 Å². The summed E-state index contributed by atoms with van der Waals surface area (Å²) in [5, 5.41) is 0. The highest BCUT2D eigenvalue weighted by atomic mass is 127. The summed E-state index contributed by atoms with van der Waals surface area (Å²) in [4.78, 5) is 0. The van der Waals surface area contributed by atoms with Crippen LogP contribution in [0, 0.1) is 5.92 Å². The smallest absolute Gasteiger partial charge is 0.268 e. The molecule has 1 aliphatic carbocycles. The summed E-state index contributed by atoms with van der Waals surface area (Å²) in [7, 11) is 0. The zero-order valence-corrected chi connectivity index (χ0v) is 12.2. The Kier molecular flexibility index (Phi) is 5.42. The molecule has 0 unspecified atom stereocenters. The molecule has 0 heterocycles. The minimum Gasteiger partial charge on any atom is -0.368 e. The van der Waals surface area contributed by atoms with E-state index in [1.807, 2.05) is 0 Å². The quantitative estimate of drug-likeness (QED) is 0.529. The minimum atomic E-state index is -2.71. The van der Waals surface area contributed by atoms with Crippen molar-refractivity contribution in [2.24, 2.45) is 5.92 Å². The van der Waals surface area contributed by atoms with Crippen LogP contribution >= 0.6 is 22.6 Å². The van der Waals surface area contributed by atoms with E-state index >= 15 is 0 Å². The van der Waals surface area contributed by atoms with Gasteiger partial charge in [-0.25, -0.2) is 8.78 Å². The van der Waals surface area contributed by atoms with Gasteiger partial charge in [0.2, 0.25) is 0 Å². The summed E-state index contributed by atoms with van der Waals surface area (Å²) in [6, 6.07) is 0. The Hall–Kier alpha value is 0.550. The van der Waals surface area contributed by atoms with Gasteiger partial charge in [-0.3, -0.25) is 0 Å². The molecule has 1 saturated carbocycles. The summed E-state index contributed by atoms with van der Waals surface area (Å²) in [5.41, 5.74) is -0.286. The van der Waals surface area contributed by atoms with Crippen molar-refractivity contribution in [2.75, 3.05) is 11.0 Å². The monoisotopic (exact) mass is 346 g/mol. The second kappa shape index (κ2) is 5.94. The van der Waals surface area contributed by atoms with Crippen molar-refractivity contribution in [2.45, 2.75) is 57.5 Å². The Morgan fingerprint density at radius 1 is 1.38 bits per heavy atom. The molecule has 0 aromatic carbocycles. The zero-order valence-electron chi connectivity index (χ0n) is 10.1. The van der Waals surface area contributed by atoms with Crippen LogP contribution in [0.4, 0.5) is 8.78 Å². The molecular weight excluding hydrogens is 325 g/mol. The molecule has 1 fully saturated rings. The second-order valence-corrected chi connectivity index (χ2v) is 5.79. The average Bonchev–Trinajstić information content (AvgIpc) is 2.26. The van der Waals surface area contributed by atoms with Gasteiger partial charge in [0.25, 0.3) is 5.92 Å². The van der Waals surface area contributed by atoms with E-state index in [0.29, 0.717) is 0 Å². The Bertz CT molecular complexity index is 208. The first-order valence-corrected chi connectivity index (χ1v) is 7.51. The molecular formula is C12H21F2IO. The van der Waals surface area contributed by atoms with Gasteiger partial charge in [-0.15, -0.1) is 0 Å². The maximum absolute atomic E-state index is 12.8. The van der Waals surface area contributed by atoms with Gasteiger partial charge in [-0.2, -0.15) is 0 Å². The highest BCUT2D eigenvalue weighted by Crippen LogP contribution is 2.38. The molecule has 1 nitrogen and oxygen atoms in total. The van der Waals surface area contributed by atoms with E-state index < -0.39 is 12.5 Å². The van der Waals surface area contributed by atoms with Gasteiger partial charge >= 0.3 is 0 Å². The third kappa shape index (κ3) is 4.43. The fourth-order valence-corrected chi connectivity index (χ4v) is 3.19. The van der Waals surface area contributed by atoms with Gasteiger partial charge in [0, 0.05) is 11.4 Å². The SMILES string of the molecule is CCC1CCC(CI)(OCC(C)(F)F)CC1.